The normalized spacial score (nSPS) is 11.0. The first-order valence-electron chi connectivity index (χ1n) is 7.91. The van der Waals surface area contributed by atoms with Crippen molar-refractivity contribution in [3.63, 3.8) is 0 Å². The topological polar surface area (TPSA) is 91.0 Å². The van der Waals surface area contributed by atoms with E-state index in [9.17, 15) is 14.4 Å². The molecule has 0 bridgehead atoms. The molecule has 0 heterocycles. The van der Waals surface area contributed by atoms with Gasteiger partial charge < -0.3 is 4.74 Å². The third kappa shape index (κ3) is 9.14. The molecule has 2 amide bonds. The van der Waals surface area contributed by atoms with Crippen LogP contribution in [0.4, 0.5) is 0 Å². The molecule has 8 nitrogen and oxygen atoms in total. The van der Waals surface area contributed by atoms with Crippen LogP contribution >= 0.6 is 0 Å². The Morgan fingerprint density at radius 2 is 1.61 bits per heavy atom. The summed E-state index contributed by atoms with van der Waals surface area (Å²) in [4.78, 5) is 35.6. The summed E-state index contributed by atoms with van der Waals surface area (Å²) in [5.41, 5.74) is 5.28. The van der Waals surface area contributed by atoms with Gasteiger partial charge in [0.15, 0.2) is 0 Å². The van der Waals surface area contributed by atoms with E-state index < -0.39 is 11.9 Å². The molecule has 0 fully saturated rings. The summed E-state index contributed by atoms with van der Waals surface area (Å²) >= 11 is 0. The molecule has 0 radical (unpaired) electrons. The number of hydrazine groups is 2. The van der Waals surface area contributed by atoms with Crippen LogP contribution in [0.5, 0.6) is 0 Å². The molecule has 2 N–H and O–H groups in total. The average molecular weight is 330 g/mol. The molecule has 23 heavy (non-hydrogen) atoms. The Morgan fingerprint density at radius 1 is 1.04 bits per heavy atom. The molecule has 0 aliphatic carbocycles. The number of carbonyl (C=O) groups excluding carboxylic acids is 3. The van der Waals surface area contributed by atoms with Gasteiger partial charge in [0.1, 0.15) is 0 Å². The molecular formula is C15H30N4O4. The van der Waals surface area contributed by atoms with Crippen molar-refractivity contribution in [2.24, 2.45) is 11.8 Å². The van der Waals surface area contributed by atoms with E-state index in [4.69, 9.17) is 0 Å². The van der Waals surface area contributed by atoms with E-state index in [-0.39, 0.29) is 25.0 Å². The Labute approximate surface area is 138 Å². The Morgan fingerprint density at radius 3 is 2.04 bits per heavy atom. The molecule has 0 rings (SSSR count). The van der Waals surface area contributed by atoms with Gasteiger partial charge in [-0.2, -0.15) is 0 Å². The number of esters is 1. The van der Waals surface area contributed by atoms with Gasteiger partial charge in [0.05, 0.1) is 13.2 Å². The van der Waals surface area contributed by atoms with Gasteiger partial charge >= 0.3 is 11.9 Å². The SMILES string of the molecule is CCOC(=O)C(=O)NN(CC(C)C)C(=O)CN(CC(C)C)NC. The summed E-state index contributed by atoms with van der Waals surface area (Å²) in [6.45, 7) is 10.7. The number of hydrogen-bond donors (Lipinski definition) is 2. The lowest BCUT2D eigenvalue weighted by Crippen LogP contribution is -2.54. The number of rotatable bonds is 8. The third-order valence-corrected chi connectivity index (χ3v) is 2.77. The van der Waals surface area contributed by atoms with Crippen molar-refractivity contribution in [2.45, 2.75) is 34.6 Å². The first-order valence-corrected chi connectivity index (χ1v) is 7.91. The average Bonchev–Trinajstić information content (AvgIpc) is 2.44. The highest BCUT2D eigenvalue weighted by Gasteiger charge is 2.24. The van der Waals surface area contributed by atoms with Crippen molar-refractivity contribution in [3.05, 3.63) is 0 Å². The summed E-state index contributed by atoms with van der Waals surface area (Å²) in [6.07, 6.45) is 0. The standard InChI is InChI=1S/C15H30N4O4/c1-7-23-15(22)14(21)17-19(9-12(4)5)13(20)10-18(16-6)8-11(2)3/h11-12,16H,7-10H2,1-6H3,(H,17,21). The summed E-state index contributed by atoms with van der Waals surface area (Å²) in [5, 5.41) is 2.94. The minimum Gasteiger partial charge on any atom is -0.459 e. The molecule has 0 aromatic heterocycles. The number of carbonyl (C=O) groups is 3. The zero-order valence-electron chi connectivity index (χ0n) is 15.0. The maximum absolute atomic E-state index is 12.4. The second-order valence-corrected chi connectivity index (χ2v) is 6.06. The van der Waals surface area contributed by atoms with E-state index in [1.807, 2.05) is 27.7 Å². The number of nitrogens with one attached hydrogen (secondary N) is 2. The Balaban J connectivity index is 4.83. The summed E-state index contributed by atoms with van der Waals surface area (Å²) in [7, 11) is 1.74. The largest absolute Gasteiger partial charge is 0.459 e. The molecule has 0 aliphatic heterocycles. The summed E-state index contributed by atoms with van der Waals surface area (Å²) in [5.74, 6) is -1.73. The van der Waals surface area contributed by atoms with Gasteiger partial charge in [0.2, 0.25) is 0 Å². The maximum atomic E-state index is 12.4. The smallest absolute Gasteiger partial charge is 0.398 e. The van der Waals surface area contributed by atoms with Crippen LogP contribution in [0.2, 0.25) is 0 Å². The van der Waals surface area contributed by atoms with Crippen LogP contribution in [-0.2, 0) is 19.1 Å². The van der Waals surface area contributed by atoms with Crippen LogP contribution in [-0.4, -0.2) is 61.1 Å². The van der Waals surface area contributed by atoms with Crippen LogP contribution in [0.1, 0.15) is 34.6 Å². The van der Waals surface area contributed by atoms with E-state index in [0.29, 0.717) is 19.0 Å². The number of nitrogens with zero attached hydrogens (tertiary/aromatic N) is 2. The van der Waals surface area contributed by atoms with E-state index in [1.54, 1.807) is 19.0 Å². The van der Waals surface area contributed by atoms with Gasteiger partial charge in [0, 0.05) is 13.1 Å². The predicted octanol–water partition coefficient (Wildman–Crippen LogP) is 0.158. The quantitative estimate of drug-likeness (QED) is 0.374. The van der Waals surface area contributed by atoms with E-state index >= 15 is 0 Å². The molecule has 0 atom stereocenters. The molecule has 0 saturated heterocycles. The zero-order valence-corrected chi connectivity index (χ0v) is 15.0. The molecule has 0 saturated carbocycles. The number of ether oxygens (including phenoxy) is 1. The molecule has 0 aromatic carbocycles. The molecule has 0 aliphatic rings. The molecule has 0 aromatic rings. The van der Waals surface area contributed by atoms with Gasteiger partial charge in [-0.05, 0) is 25.8 Å². The van der Waals surface area contributed by atoms with E-state index in [2.05, 4.69) is 15.6 Å². The summed E-state index contributed by atoms with van der Waals surface area (Å²) in [6, 6.07) is 0. The monoisotopic (exact) mass is 330 g/mol. The molecule has 0 unspecified atom stereocenters. The first-order chi connectivity index (χ1) is 10.7. The maximum Gasteiger partial charge on any atom is 0.398 e. The second kappa shape index (κ2) is 11.0. The lowest BCUT2D eigenvalue weighted by molar-refractivity contribution is -0.159. The summed E-state index contributed by atoms with van der Waals surface area (Å²) < 4.78 is 4.63. The Kier molecular flexibility index (Phi) is 10.2. The predicted molar refractivity (Wildman–Crippen MR) is 86.8 cm³/mol. The van der Waals surface area contributed by atoms with E-state index in [0.717, 1.165) is 0 Å². The van der Waals surface area contributed by atoms with Crippen molar-refractivity contribution in [2.75, 3.05) is 33.3 Å². The Bertz CT molecular complexity index is 399. The highest BCUT2D eigenvalue weighted by molar-refractivity contribution is 6.32. The van der Waals surface area contributed by atoms with Crippen molar-refractivity contribution in [1.29, 1.82) is 0 Å². The zero-order chi connectivity index (χ0) is 18.0. The molecule has 8 heteroatoms. The minimum absolute atomic E-state index is 0.0878. The van der Waals surface area contributed by atoms with Crippen LogP contribution in [0, 0.1) is 11.8 Å². The van der Waals surface area contributed by atoms with Crippen molar-refractivity contribution in [3.8, 4) is 0 Å². The van der Waals surface area contributed by atoms with Crippen LogP contribution in [0.15, 0.2) is 0 Å². The minimum atomic E-state index is -0.998. The van der Waals surface area contributed by atoms with Crippen molar-refractivity contribution >= 4 is 17.8 Å². The number of hydrogen-bond acceptors (Lipinski definition) is 6. The fraction of sp³-hybridized carbons (Fsp3) is 0.800. The molecule has 134 valence electrons. The van der Waals surface area contributed by atoms with Gasteiger partial charge in [-0.25, -0.2) is 9.80 Å². The highest BCUT2D eigenvalue weighted by atomic mass is 16.5. The van der Waals surface area contributed by atoms with Crippen LogP contribution < -0.4 is 10.9 Å². The fourth-order valence-electron chi connectivity index (χ4n) is 1.86. The Hall–Kier alpha value is -1.67. The number of amides is 2. The lowest BCUT2D eigenvalue weighted by atomic mass is 10.2. The first kappa shape index (κ1) is 21.3. The van der Waals surface area contributed by atoms with Crippen molar-refractivity contribution < 1.29 is 19.1 Å². The van der Waals surface area contributed by atoms with Crippen molar-refractivity contribution in [1.82, 2.24) is 20.9 Å². The lowest BCUT2D eigenvalue weighted by Gasteiger charge is -2.28. The fourth-order valence-corrected chi connectivity index (χ4v) is 1.86. The second-order valence-electron chi connectivity index (χ2n) is 6.06. The van der Waals surface area contributed by atoms with E-state index in [1.165, 1.54) is 5.01 Å². The van der Waals surface area contributed by atoms with Gasteiger partial charge in [0.25, 0.3) is 5.91 Å². The highest BCUT2D eigenvalue weighted by Crippen LogP contribution is 2.00. The third-order valence-electron chi connectivity index (χ3n) is 2.77. The van der Waals surface area contributed by atoms with Gasteiger partial charge in [-0.3, -0.25) is 25.4 Å². The van der Waals surface area contributed by atoms with Gasteiger partial charge in [-0.15, -0.1) is 0 Å². The van der Waals surface area contributed by atoms with Gasteiger partial charge in [-0.1, -0.05) is 27.7 Å². The molecular weight excluding hydrogens is 300 g/mol. The molecule has 0 spiro atoms. The van der Waals surface area contributed by atoms with Crippen LogP contribution in [0.25, 0.3) is 0 Å². The van der Waals surface area contributed by atoms with Crippen LogP contribution in [0.3, 0.4) is 0 Å².